The van der Waals surface area contributed by atoms with Gasteiger partial charge in [0, 0.05) is 42.4 Å². The van der Waals surface area contributed by atoms with Crippen LogP contribution in [-0.4, -0.2) is 50.2 Å². The van der Waals surface area contributed by atoms with Crippen molar-refractivity contribution in [2.75, 3.05) is 44.2 Å². The monoisotopic (exact) mass is 323 g/mol. The molecule has 3 nitrogen and oxygen atoms in total. The molecule has 2 aliphatic heterocycles. The maximum absolute atomic E-state index is 3.53. The highest BCUT2D eigenvalue weighted by molar-refractivity contribution is 9.10. The summed E-state index contributed by atoms with van der Waals surface area (Å²) in [5.74, 6) is 0. The molecule has 1 N–H and O–H groups in total. The summed E-state index contributed by atoms with van der Waals surface area (Å²) in [6.45, 7) is 9.35. The van der Waals surface area contributed by atoms with Gasteiger partial charge in [-0.25, -0.2) is 0 Å². The first-order valence-corrected chi connectivity index (χ1v) is 7.99. The summed E-state index contributed by atoms with van der Waals surface area (Å²) in [5, 5.41) is 3.48. The maximum atomic E-state index is 3.53. The van der Waals surface area contributed by atoms with E-state index in [1.54, 1.807) is 0 Å². The Hall–Kier alpha value is -0.580. The van der Waals surface area contributed by atoms with E-state index in [1.165, 1.54) is 54.9 Å². The number of anilines is 1. The van der Waals surface area contributed by atoms with Crippen LogP contribution in [0.1, 0.15) is 12.0 Å². The molecule has 0 aliphatic carbocycles. The number of benzene rings is 1. The van der Waals surface area contributed by atoms with Crippen LogP contribution in [0, 0.1) is 6.92 Å². The number of hydrogen-bond acceptors (Lipinski definition) is 3. The average molecular weight is 324 g/mol. The molecule has 0 saturated carbocycles. The van der Waals surface area contributed by atoms with Crippen LogP contribution in [0.5, 0.6) is 0 Å². The molecule has 4 heteroatoms. The first-order valence-electron chi connectivity index (χ1n) is 7.20. The Balaban J connectivity index is 1.59. The van der Waals surface area contributed by atoms with E-state index in [0.717, 1.165) is 12.6 Å². The molecule has 2 aliphatic rings. The van der Waals surface area contributed by atoms with E-state index in [-0.39, 0.29) is 0 Å². The predicted molar refractivity (Wildman–Crippen MR) is 83.9 cm³/mol. The van der Waals surface area contributed by atoms with E-state index < -0.39 is 0 Å². The van der Waals surface area contributed by atoms with Crippen molar-refractivity contribution in [1.29, 1.82) is 0 Å². The minimum absolute atomic E-state index is 0.753. The van der Waals surface area contributed by atoms with E-state index in [9.17, 15) is 0 Å². The van der Waals surface area contributed by atoms with Gasteiger partial charge in [-0.3, -0.25) is 4.90 Å². The largest absolute Gasteiger partial charge is 0.368 e. The lowest BCUT2D eigenvalue weighted by atomic mass is 10.0. The maximum Gasteiger partial charge on any atom is 0.0447 e. The van der Waals surface area contributed by atoms with Gasteiger partial charge in [-0.1, -0.05) is 15.9 Å². The van der Waals surface area contributed by atoms with Gasteiger partial charge in [0.2, 0.25) is 0 Å². The number of hydrogen-bond donors (Lipinski definition) is 1. The summed E-state index contributed by atoms with van der Waals surface area (Å²) < 4.78 is 1.17. The van der Waals surface area contributed by atoms with Gasteiger partial charge in [0.05, 0.1) is 0 Å². The van der Waals surface area contributed by atoms with Crippen LogP contribution in [0.4, 0.5) is 5.69 Å². The molecule has 0 radical (unpaired) electrons. The molecule has 19 heavy (non-hydrogen) atoms. The number of nitrogens with zero attached hydrogens (tertiary/aromatic N) is 2. The number of aryl methyl sites for hydroxylation is 1. The van der Waals surface area contributed by atoms with E-state index in [0.29, 0.717) is 0 Å². The molecule has 0 spiro atoms. The van der Waals surface area contributed by atoms with Crippen molar-refractivity contribution in [3.63, 3.8) is 0 Å². The molecule has 0 unspecified atom stereocenters. The highest BCUT2D eigenvalue weighted by Gasteiger charge is 2.32. The summed E-state index contributed by atoms with van der Waals surface area (Å²) in [5.41, 5.74) is 2.76. The van der Waals surface area contributed by atoms with Gasteiger partial charge in [0.25, 0.3) is 0 Å². The van der Waals surface area contributed by atoms with Crippen molar-refractivity contribution in [3.8, 4) is 0 Å². The van der Waals surface area contributed by atoms with Crippen LogP contribution < -0.4 is 10.2 Å². The molecule has 2 saturated heterocycles. The molecule has 1 aromatic carbocycles. The van der Waals surface area contributed by atoms with Gasteiger partial charge in [-0.15, -0.1) is 0 Å². The summed E-state index contributed by atoms with van der Waals surface area (Å²) in [4.78, 5) is 5.16. The molecule has 1 aromatic rings. The Morgan fingerprint density at radius 1 is 1.21 bits per heavy atom. The third-order valence-electron chi connectivity index (χ3n) is 4.25. The summed E-state index contributed by atoms with van der Waals surface area (Å²) in [6, 6.07) is 7.34. The van der Waals surface area contributed by atoms with E-state index in [4.69, 9.17) is 0 Å². The van der Waals surface area contributed by atoms with Gasteiger partial charge < -0.3 is 10.2 Å². The van der Waals surface area contributed by atoms with Crippen LogP contribution >= 0.6 is 15.9 Å². The van der Waals surface area contributed by atoms with Crippen molar-refractivity contribution < 1.29 is 0 Å². The lowest BCUT2D eigenvalue weighted by Gasteiger charge is -2.47. The molecule has 0 aromatic heterocycles. The van der Waals surface area contributed by atoms with Gasteiger partial charge in [0.15, 0.2) is 0 Å². The van der Waals surface area contributed by atoms with E-state index >= 15 is 0 Å². The summed E-state index contributed by atoms with van der Waals surface area (Å²) in [7, 11) is 0. The molecule has 0 atom stereocenters. The average Bonchev–Trinajstić information content (AvgIpc) is 2.59. The zero-order valence-corrected chi connectivity index (χ0v) is 13.1. The highest BCUT2D eigenvalue weighted by Crippen LogP contribution is 2.29. The fraction of sp³-hybridized carbons (Fsp3) is 0.600. The van der Waals surface area contributed by atoms with Crippen LogP contribution in [0.15, 0.2) is 22.7 Å². The third kappa shape index (κ3) is 2.96. The molecule has 0 amide bonds. The van der Waals surface area contributed by atoms with Crippen LogP contribution in [-0.2, 0) is 0 Å². The Kier molecular flexibility index (Phi) is 4.10. The van der Waals surface area contributed by atoms with Gasteiger partial charge in [-0.05, 0) is 50.2 Å². The van der Waals surface area contributed by atoms with Gasteiger partial charge in [0.1, 0.15) is 0 Å². The quantitative estimate of drug-likeness (QED) is 0.900. The minimum atomic E-state index is 0.753. The predicted octanol–water partition coefficient (Wildman–Crippen LogP) is 2.24. The van der Waals surface area contributed by atoms with Gasteiger partial charge >= 0.3 is 0 Å². The normalized spacial score (nSPS) is 22.1. The van der Waals surface area contributed by atoms with Crippen molar-refractivity contribution in [2.24, 2.45) is 0 Å². The molecular weight excluding hydrogens is 302 g/mol. The highest BCUT2D eigenvalue weighted by atomic mass is 79.9. The SMILES string of the molecule is Cc1cc(Br)ccc1N1CC(N2CCCNCC2)C1. The zero-order valence-electron chi connectivity index (χ0n) is 11.5. The van der Waals surface area contributed by atoms with Crippen molar-refractivity contribution in [2.45, 2.75) is 19.4 Å². The third-order valence-corrected chi connectivity index (χ3v) is 4.75. The summed E-state index contributed by atoms with van der Waals surface area (Å²) >= 11 is 3.53. The Bertz CT molecular complexity index is 435. The lowest BCUT2D eigenvalue weighted by molar-refractivity contribution is 0.177. The second kappa shape index (κ2) is 5.81. The lowest BCUT2D eigenvalue weighted by Crippen LogP contribution is -2.60. The molecule has 3 rings (SSSR count). The number of halogens is 1. The fourth-order valence-electron chi connectivity index (χ4n) is 3.09. The van der Waals surface area contributed by atoms with Crippen LogP contribution in [0.2, 0.25) is 0 Å². The molecule has 0 bridgehead atoms. The molecule has 2 fully saturated rings. The smallest absolute Gasteiger partial charge is 0.0447 e. The zero-order chi connectivity index (χ0) is 13.2. The molecule has 104 valence electrons. The van der Waals surface area contributed by atoms with E-state index in [1.807, 2.05) is 0 Å². The molecule has 2 heterocycles. The second-order valence-electron chi connectivity index (χ2n) is 5.63. The van der Waals surface area contributed by atoms with E-state index in [2.05, 4.69) is 56.2 Å². The minimum Gasteiger partial charge on any atom is -0.368 e. The fourth-order valence-corrected chi connectivity index (χ4v) is 3.56. The Morgan fingerprint density at radius 3 is 2.84 bits per heavy atom. The first-order chi connectivity index (χ1) is 9.24. The van der Waals surface area contributed by atoms with Crippen molar-refractivity contribution >= 4 is 21.6 Å². The Labute approximate surface area is 124 Å². The number of nitrogens with one attached hydrogen (secondary N) is 1. The topological polar surface area (TPSA) is 18.5 Å². The molecular formula is C15H22BrN3. The standard InChI is InChI=1S/C15H22BrN3/c1-12-9-13(16)3-4-15(12)19-10-14(11-19)18-7-2-5-17-6-8-18/h3-4,9,14,17H,2,5-8,10-11H2,1H3. The van der Waals surface area contributed by atoms with Gasteiger partial charge in [-0.2, -0.15) is 0 Å². The number of rotatable bonds is 2. The van der Waals surface area contributed by atoms with Crippen LogP contribution in [0.25, 0.3) is 0 Å². The summed E-state index contributed by atoms with van der Waals surface area (Å²) in [6.07, 6.45) is 1.29. The first kappa shape index (κ1) is 13.4. The second-order valence-corrected chi connectivity index (χ2v) is 6.54. The van der Waals surface area contributed by atoms with Crippen LogP contribution in [0.3, 0.4) is 0 Å². The van der Waals surface area contributed by atoms with Crippen molar-refractivity contribution in [1.82, 2.24) is 10.2 Å². The van der Waals surface area contributed by atoms with Crippen molar-refractivity contribution in [3.05, 3.63) is 28.2 Å². The Morgan fingerprint density at radius 2 is 2.05 bits per heavy atom.